The minimum atomic E-state index is -0.468. The van der Waals surface area contributed by atoms with Gasteiger partial charge in [-0.1, -0.05) is 60.7 Å². The fourth-order valence-electron chi connectivity index (χ4n) is 4.03. The van der Waals surface area contributed by atoms with Gasteiger partial charge in [0.25, 0.3) is 5.56 Å². The summed E-state index contributed by atoms with van der Waals surface area (Å²) in [6, 6.07) is 19.0. The molecule has 0 spiro atoms. The van der Waals surface area contributed by atoms with E-state index in [9.17, 15) is 9.59 Å². The summed E-state index contributed by atoms with van der Waals surface area (Å²) in [5.41, 5.74) is 1.98. The zero-order valence-electron chi connectivity index (χ0n) is 18.8. The van der Waals surface area contributed by atoms with Crippen LogP contribution in [0.5, 0.6) is 0 Å². The molecule has 0 amide bonds. The third-order valence-corrected chi connectivity index (χ3v) is 5.80. The van der Waals surface area contributed by atoms with Gasteiger partial charge in [-0.15, -0.1) is 0 Å². The number of nitrogens with zero attached hydrogens (tertiary/aromatic N) is 3. The number of anilines is 1. The van der Waals surface area contributed by atoms with Gasteiger partial charge < -0.3 is 15.0 Å². The molecule has 172 valence electrons. The average molecular weight is 447 g/mol. The molecule has 7 nitrogen and oxygen atoms in total. The van der Waals surface area contributed by atoms with Crippen molar-refractivity contribution in [3.05, 3.63) is 82.8 Å². The summed E-state index contributed by atoms with van der Waals surface area (Å²) in [4.78, 5) is 32.7. The SMILES string of the molecule is O=C(Cn1c(-c2ccccc2)cnc(NCCCN2CCCC2)c1=O)OCc1ccccc1. The highest BCUT2D eigenvalue weighted by Gasteiger charge is 2.16. The van der Waals surface area contributed by atoms with Gasteiger partial charge in [-0.3, -0.25) is 14.2 Å². The second kappa shape index (κ2) is 11.4. The van der Waals surface area contributed by atoms with Gasteiger partial charge in [0.15, 0.2) is 5.82 Å². The highest BCUT2D eigenvalue weighted by atomic mass is 16.5. The van der Waals surface area contributed by atoms with Crippen LogP contribution in [-0.2, 0) is 22.7 Å². The van der Waals surface area contributed by atoms with Crippen molar-refractivity contribution in [3.8, 4) is 11.3 Å². The van der Waals surface area contributed by atoms with E-state index in [-0.39, 0.29) is 24.5 Å². The molecule has 1 aliphatic rings. The molecule has 1 aromatic heterocycles. The van der Waals surface area contributed by atoms with E-state index in [0.717, 1.165) is 37.2 Å². The van der Waals surface area contributed by atoms with Crippen molar-refractivity contribution in [2.24, 2.45) is 0 Å². The number of carbonyl (C=O) groups is 1. The van der Waals surface area contributed by atoms with Gasteiger partial charge in [0, 0.05) is 6.54 Å². The van der Waals surface area contributed by atoms with Crippen LogP contribution in [0.2, 0.25) is 0 Å². The number of carbonyl (C=O) groups excluding carboxylic acids is 1. The molecule has 0 aliphatic carbocycles. The van der Waals surface area contributed by atoms with Crippen LogP contribution in [0.4, 0.5) is 5.82 Å². The van der Waals surface area contributed by atoms with Crippen molar-refractivity contribution < 1.29 is 9.53 Å². The third-order valence-electron chi connectivity index (χ3n) is 5.80. The molecule has 33 heavy (non-hydrogen) atoms. The molecule has 0 atom stereocenters. The van der Waals surface area contributed by atoms with Crippen LogP contribution in [0.25, 0.3) is 11.3 Å². The van der Waals surface area contributed by atoms with E-state index >= 15 is 0 Å². The van der Waals surface area contributed by atoms with Gasteiger partial charge in [-0.2, -0.15) is 0 Å². The molecule has 0 bridgehead atoms. The first-order valence-electron chi connectivity index (χ1n) is 11.5. The predicted octanol–water partition coefficient (Wildman–Crippen LogP) is 3.55. The van der Waals surface area contributed by atoms with Crippen molar-refractivity contribution in [1.82, 2.24) is 14.5 Å². The highest BCUT2D eigenvalue weighted by molar-refractivity contribution is 5.71. The number of benzene rings is 2. The van der Waals surface area contributed by atoms with Gasteiger partial charge in [0.1, 0.15) is 13.2 Å². The van der Waals surface area contributed by atoms with Crippen molar-refractivity contribution in [3.63, 3.8) is 0 Å². The number of hydrogen-bond donors (Lipinski definition) is 1. The van der Waals surface area contributed by atoms with E-state index in [0.29, 0.717) is 12.2 Å². The molecule has 0 unspecified atom stereocenters. The van der Waals surface area contributed by atoms with Crippen molar-refractivity contribution in [2.75, 3.05) is 31.5 Å². The number of likely N-dealkylation sites (tertiary alicyclic amines) is 1. The number of hydrogen-bond acceptors (Lipinski definition) is 6. The predicted molar refractivity (Wildman–Crippen MR) is 129 cm³/mol. The molecule has 2 heterocycles. The summed E-state index contributed by atoms with van der Waals surface area (Å²) in [6.07, 6.45) is 5.10. The molecular formula is C26H30N4O3. The van der Waals surface area contributed by atoms with E-state index < -0.39 is 5.97 Å². The summed E-state index contributed by atoms with van der Waals surface area (Å²) < 4.78 is 6.87. The van der Waals surface area contributed by atoms with Crippen molar-refractivity contribution in [2.45, 2.75) is 32.4 Å². The lowest BCUT2D eigenvalue weighted by Gasteiger charge is -2.16. The molecule has 1 saturated heterocycles. The van der Waals surface area contributed by atoms with Crippen molar-refractivity contribution >= 4 is 11.8 Å². The first kappa shape index (κ1) is 22.7. The first-order chi connectivity index (χ1) is 16.2. The Labute approximate surface area is 194 Å². The molecule has 0 radical (unpaired) electrons. The topological polar surface area (TPSA) is 76.5 Å². The monoisotopic (exact) mass is 446 g/mol. The summed E-state index contributed by atoms with van der Waals surface area (Å²) >= 11 is 0. The number of ether oxygens (including phenoxy) is 1. The quantitative estimate of drug-likeness (QED) is 0.379. The minimum Gasteiger partial charge on any atom is -0.459 e. The van der Waals surface area contributed by atoms with Crippen LogP contribution in [0.3, 0.4) is 0 Å². The number of nitrogens with one attached hydrogen (secondary N) is 1. The zero-order chi connectivity index (χ0) is 22.9. The first-order valence-corrected chi connectivity index (χ1v) is 11.5. The summed E-state index contributed by atoms with van der Waals surface area (Å²) in [7, 11) is 0. The largest absolute Gasteiger partial charge is 0.459 e. The second-order valence-corrected chi connectivity index (χ2v) is 8.22. The number of esters is 1. The lowest BCUT2D eigenvalue weighted by molar-refractivity contribution is -0.145. The molecule has 7 heteroatoms. The van der Waals surface area contributed by atoms with E-state index in [2.05, 4.69) is 15.2 Å². The van der Waals surface area contributed by atoms with Gasteiger partial charge >= 0.3 is 5.97 Å². The fraction of sp³-hybridized carbons (Fsp3) is 0.346. The summed E-state index contributed by atoms with van der Waals surface area (Å²) in [5.74, 6) is -0.212. The van der Waals surface area contributed by atoms with E-state index in [1.165, 1.54) is 17.4 Å². The molecule has 1 aliphatic heterocycles. The smallest absolute Gasteiger partial charge is 0.326 e. The van der Waals surface area contributed by atoms with E-state index in [4.69, 9.17) is 4.74 Å². The normalized spacial score (nSPS) is 13.7. The lowest BCUT2D eigenvalue weighted by atomic mass is 10.1. The lowest BCUT2D eigenvalue weighted by Crippen LogP contribution is -2.30. The Hall–Kier alpha value is -3.45. The Morgan fingerprint density at radius 3 is 2.42 bits per heavy atom. The maximum absolute atomic E-state index is 13.2. The highest BCUT2D eigenvalue weighted by Crippen LogP contribution is 2.18. The van der Waals surface area contributed by atoms with Gasteiger partial charge in [-0.25, -0.2) is 4.98 Å². The van der Waals surface area contributed by atoms with Gasteiger partial charge in [0.05, 0.1) is 11.9 Å². The Morgan fingerprint density at radius 2 is 1.70 bits per heavy atom. The zero-order valence-corrected chi connectivity index (χ0v) is 18.8. The Bertz CT molecular complexity index is 1090. The second-order valence-electron chi connectivity index (χ2n) is 8.22. The van der Waals surface area contributed by atoms with Crippen LogP contribution in [0.15, 0.2) is 71.7 Å². The molecule has 1 N–H and O–H groups in total. The molecule has 1 fully saturated rings. The van der Waals surface area contributed by atoms with Crippen LogP contribution in [0.1, 0.15) is 24.8 Å². The Morgan fingerprint density at radius 1 is 1.00 bits per heavy atom. The molecule has 3 aromatic rings. The van der Waals surface area contributed by atoms with Crippen LogP contribution < -0.4 is 10.9 Å². The number of rotatable bonds is 10. The Kier molecular flexibility index (Phi) is 7.87. The fourth-order valence-corrected chi connectivity index (χ4v) is 4.03. The maximum atomic E-state index is 13.2. The standard InChI is InChI=1S/C26H30N4O3/c31-24(33-20-21-10-3-1-4-11-21)19-30-23(22-12-5-2-6-13-22)18-28-25(26(30)32)27-14-9-17-29-15-7-8-16-29/h1-6,10-13,18H,7-9,14-17,19-20H2,(H,27,28). The number of aromatic nitrogens is 2. The van der Waals surface area contributed by atoms with Gasteiger partial charge in [-0.05, 0) is 50.0 Å². The van der Waals surface area contributed by atoms with Gasteiger partial charge in [0.2, 0.25) is 0 Å². The van der Waals surface area contributed by atoms with Crippen LogP contribution in [-0.4, -0.2) is 46.6 Å². The van der Waals surface area contributed by atoms with Crippen LogP contribution >= 0.6 is 0 Å². The maximum Gasteiger partial charge on any atom is 0.326 e. The van der Waals surface area contributed by atoms with E-state index in [1.807, 2.05) is 60.7 Å². The van der Waals surface area contributed by atoms with Crippen LogP contribution in [0, 0.1) is 0 Å². The Balaban J connectivity index is 1.47. The van der Waals surface area contributed by atoms with E-state index in [1.54, 1.807) is 6.20 Å². The average Bonchev–Trinajstić information content (AvgIpc) is 3.37. The molecule has 2 aromatic carbocycles. The summed E-state index contributed by atoms with van der Waals surface area (Å²) in [6.45, 7) is 3.96. The molecule has 4 rings (SSSR count). The van der Waals surface area contributed by atoms with Crippen molar-refractivity contribution in [1.29, 1.82) is 0 Å². The third kappa shape index (κ3) is 6.29. The molecular weight excluding hydrogens is 416 g/mol. The molecule has 0 saturated carbocycles. The summed E-state index contributed by atoms with van der Waals surface area (Å²) in [5, 5.41) is 3.16. The minimum absolute atomic E-state index is 0.168.